The summed E-state index contributed by atoms with van der Waals surface area (Å²) in [5.74, 6) is 0.616. The fourth-order valence-corrected chi connectivity index (χ4v) is 2.89. The Balaban J connectivity index is 1.53. The van der Waals surface area contributed by atoms with Gasteiger partial charge >= 0.3 is 0 Å². The van der Waals surface area contributed by atoms with E-state index in [0.717, 1.165) is 17.0 Å². The molecule has 0 fully saturated rings. The second kappa shape index (κ2) is 6.64. The molecule has 0 aliphatic heterocycles. The first kappa shape index (κ1) is 16.9. The summed E-state index contributed by atoms with van der Waals surface area (Å²) in [6.45, 7) is 4.03. The highest BCUT2D eigenvalue weighted by molar-refractivity contribution is 5.93. The van der Waals surface area contributed by atoms with E-state index in [-0.39, 0.29) is 12.5 Å². The Labute approximate surface area is 155 Å². The van der Waals surface area contributed by atoms with Crippen molar-refractivity contribution in [2.45, 2.75) is 20.4 Å². The van der Waals surface area contributed by atoms with Crippen LogP contribution < -0.4 is 0 Å². The van der Waals surface area contributed by atoms with Crippen molar-refractivity contribution < 1.29 is 9.32 Å². The Morgan fingerprint density at radius 3 is 2.70 bits per heavy atom. The summed E-state index contributed by atoms with van der Waals surface area (Å²) in [5, 5.41) is 8.34. The molecule has 8 heteroatoms. The summed E-state index contributed by atoms with van der Waals surface area (Å²) in [4.78, 5) is 23.0. The molecule has 0 aliphatic rings. The maximum Gasteiger partial charge on any atom is 0.274 e. The average Bonchev–Trinajstić information content (AvgIpc) is 3.29. The molecule has 27 heavy (non-hydrogen) atoms. The molecule has 0 atom stereocenters. The Morgan fingerprint density at radius 1 is 1.15 bits per heavy atom. The normalized spacial score (nSPS) is 11.1. The summed E-state index contributed by atoms with van der Waals surface area (Å²) in [7, 11) is 1.67. The number of aryl methyl sites for hydroxylation is 2. The van der Waals surface area contributed by atoms with Gasteiger partial charge < -0.3 is 9.42 Å². The van der Waals surface area contributed by atoms with Crippen LogP contribution >= 0.6 is 0 Å². The van der Waals surface area contributed by atoms with Crippen LogP contribution in [0.5, 0.6) is 0 Å². The summed E-state index contributed by atoms with van der Waals surface area (Å²) in [6, 6.07) is 13.1. The highest BCUT2D eigenvalue weighted by Crippen LogP contribution is 2.16. The van der Waals surface area contributed by atoms with Crippen molar-refractivity contribution in [2.24, 2.45) is 0 Å². The molecule has 0 saturated carbocycles. The first-order chi connectivity index (χ1) is 13.0. The first-order valence-corrected chi connectivity index (χ1v) is 8.49. The monoisotopic (exact) mass is 362 g/mol. The lowest BCUT2D eigenvalue weighted by Crippen LogP contribution is -2.26. The van der Waals surface area contributed by atoms with E-state index in [9.17, 15) is 4.79 Å². The van der Waals surface area contributed by atoms with Crippen molar-refractivity contribution in [3.63, 3.8) is 0 Å². The third-order valence-electron chi connectivity index (χ3n) is 4.17. The summed E-state index contributed by atoms with van der Waals surface area (Å²) in [6.07, 6.45) is 0. The van der Waals surface area contributed by atoms with Gasteiger partial charge in [0.05, 0.1) is 0 Å². The summed E-state index contributed by atoms with van der Waals surface area (Å²) in [5.41, 5.74) is 3.63. The average molecular weight is 362 g/mol. The number of aromatic nitrogens is 5. The fourth-order valence-electron chi connectivity index (χ4n) is 2.89. The molecule has 136 valence electrons. The quantitative estimate of drug-likeness (QED) is 0.554. The predicted molar refractivity (Wildman–Crippen MR) is 98.0 cm³/mol. The molecule has 4 aromatic rings. The Hall–Kier alpha value is -3.55. The number of amides is 1. The van der Waals surface area contributed by atoms with Gasteiger partial charge in [-0.25, -0.2) is 9.50 Å². The van der Waals surface area contributed by atoms with Crippen LogP contribution in [0.2, 0.25) is 0 Å². The van der Waals surface area contributed by atoms with Crippen LogP contribution in [0.1, 0.15) is 27.8 Å². The minimum Gasteiger partial charge on any atom is -0.337 e. The maximum absolute atomic E-state index is 12.7. The van der Waals surface area contributed by atoms with Crippen molar-refractivity contribution >= 4 is 11.6 Å². The minimum atomic E-state index is -0.239. The standard InChI is InChI=1S/C19H18N6O2/c1-12-9-13(2)25-16(20-12)10-15(22-25)19(26)24(3)11-17-21-18(23-27-17)14-7-5-4-6-8-14/h4-10H,11H2,1-3H3. The summed E-state index contributed by atoms with van der Waals surface area (Å²) < 4.78 is 6.94. The minimum absolute atomic E-state index is 0.192. The number of hydrogen-bond donors (Lipinski definition) is 0. The SMILES string of the molecule is Cc1cc(C)n2nc(C(=O)N(C)Cc3nc(-c4ccccc4)no3)cc2n1. The highest BCUT2D eigenvalue weighted by atomic mass is 16.5. The molecule has 1 aromatic carbocycles. The van der Waals surface area contributed by atoms with E-state index in [1.54, 1.807) is 17.6 Å². The number of rotatable bonds is 4. The Bertz CT molecular complexity index is 1120. The molecule has 0 unspecified atom stereocenters. The maximum atomic E-state index is 12.7. The van der Waals surface area contributed by atoms with Crippen molar-refractivity contribution in [3.05, 3.63) is 65.4 Å². The Morgan fingerprint density at radius 2 is 1.93 bits per heavy atom. The number of carbonyl (C=O) groups excluding carboxylic acids is 1. The van der Waals surface area contributed by atoms with Crippen LogP contribution in [-0.4, -0.2) is 42.6 Å². The number of hydrogen-bond acceptors (Lipinski definition) is 6. The van der Waals surface area contributed by atoms with Gasteiger partial charge in [0.1, 0.15) is 6.54 Å². The molecular formula is C19H18N6O2. The van der Waals surface area contributed by atoms with Crippen molar-refractivity contribution in [1.82, 2.24) is 29.6 Å². The van der Waals surface area contributed by atoms with Crippen LogP contribution in [0.3, 0.4) is 0 Å². The number of carbonyl (C=O) groups is 1. The van der Waals surface area contributed by atoms with Gasteiger partial charge in [-0.3, -0.25) is 4.79 Å². The van der Waals surface area contributed by atoms with Gasteiger partial charge in [-0.15, -0.1) is 0 Å². The molecule has 0 aliphatic carbocycles. The van der Waals surface area contributed by atoms with Crippen LogP contribution in [0.15, 0.2) is 47.0 Å². The Kier molecular flexibility index (Phi) is 4.15. The predicted octanol–water partition coefficient (Wildman–Crippen LogP) is 2.67. The first-order valence-electron chi connectivity index (χ1n) is 8.49. The van der Waals surface area contributed by atoms with Gasteiger partial charge in [0.2, 0.25) is 11.7 Å². The van der Waals surface area contributed by atoms with Gasteiger partial charge in [-0.05, 0) is 19.9 Å². The molecule has 0 N–H and O–H groups in total. The number of benzene rings is 1. The van der Waals surface area contributed by atoms with E-state index in [0.29, 0.717) is 23.1 Å². The van der Waals surface area contributed by atoms with Crippen molar-refractivity contribution in [1.29, 1.82) is 0 Å². The zero-order valence-electron chi connectivity index (χ0n) is 15.2. The molecule has 0 saturated heterocycles. The second-order valence-corrected chi connectivity index (χ2v) is 6.38. The van der Waals surface area contributed by atoms with Crippen molar-refractivity contribution in [2.75, 3.05) is 7.05 Å². The van der Waals surface area contributed by atoms with E-state index in [2.05, 4.69) is 20.2 Å². The number of fused-ring (bicyclic) bond motifs is 1. The molecule has 1 amide bonds. The lowest BCUT2D eigenvalue weighted by atomic mass is 10.2. The zero-order valence-corrected chi connectivity index (χ0v) is 15.2. The fraction of sp³-hybridized carbons (Fsp3) is 0.211. The molecule has 0 radical (unpaired) electrons. The van der Waals surface area contributed by atoms with Gasteiger partial charge in [-0.2, -0.15) is 10.1 Å². The smallest absolute Gasteiger partial charge is 0.274 e. The van der Waals surface area contributed by atoms with Crippen LogP contribution in [0.4, 0.5) is 0 Å². The van der Waals surface area contributed by atoms with Gasteiger partial charge in [0.15, 0.2) is 11.3 Å². The largest absolute Gasteiger partial charge is 0.337 e. The van der Waals surface area contributed by atoms with Crippen LogP contribution in [-0.2, 0) is 6.54 Å². The molecule has 0 spiro atoms. The highest BCUT2D eigenvalue weighted by Gasteiger charge is 2.19. The van der Waals surface area contributed by atoms with Crippen molar-refractivity contribution in [3.8, 4) is 11.4 Å². The van der Waals surface area contributed by atoms with Gasteiger partial charge in [0.25, 0.3) is 5.91 Å². The number of nitrogens with zero attached hydrogens (tertiary/aromatic N) is 6. The van der Waals surface area contributed by atoms with E-state index in [4.69, 9.17) is 4.52 Å². The zero-order chi connectivity index (χ0) is 19.0. The molecule has 3 aromatic heterocycles. The van der Waals surface area contributed by atoms with Crippen LogP contribution in [0.25, 0.3) is 17.0 Å². The van der Waals surface area contributed by atoms with Gasteiger partial charge in [0, 0.05) is 30.1 Å². The molecule has 4 rings (SSSR count). The van der Waals surface area contributed by atoms with Gasteiger partial charge in [-0.1, -0.05) is 35.5 Å². The molecular weight excluding hydrogens is 344 g/mol. The molecule has 3 heterocycles. The lowest BCUT2D eigenvalue weighted by Gasteiger charge is -2.12. The van der Waals surface area contributed by atoms with E-state index < -0.39 is 0 Å². The lowest BCUT2D eigenvalue weighted by molar-refractivity contribution is 0.0763. The third kappa shape index (κ3) is 3.29. The third-order valence-corrected chi connectivity index (χ3v) is 4.17. The van der Waals surface area contributed by atoms with E-state index in [1.165, 1.54) is 4.90 Å². The summed E-state index contributed by atoms with van der Waals surface area (Å²) >= 11 is 0. The van der Waals surface area contributed by atoms with E-state index >= 15 is 0 Å². The van der Waals surface area contributed by atoms with E-state index in [1.807, 2.05) is 50.2 Å². The second-order valence-electron chi connectivity index (χ2n) is 6.38. The van der Waals surface area contributed by atoms with Crippen LogP contribution in [0, 0.1) is 13.8 Å². The molecule has 0 bridgehead atoms. The topological polar surface area (TPSA) is 89.4 Å². The molecule has 8 nitrogen and oxygen atoms in total.